The molecule has 0 aliphatic rings. The Bertz CT molecular complexity index is 849. The third kappa shape index (κ3) is 5.06. The largest absolute Gasteiger partial charge is 0.496 e. The molecule has 0 atom stereocenters. The van der Waals surface area contributed by atoms with Crippen LogP contribution in [0.15, 0.2) is 53.4 Å². The minimum atomic E-state index is -3.53. The number of nitrogens with zero attached hydrogens (tertiary/aromatic N) is 1. The van der Waals surface area contributed by atoms with Crippen molar-refractivity contribution in [2.24, 2.45) is 0 Å². The second-order valence-electron chi connectivity index (χ2n) is 6.02. The maximum atomic E-state index is 12.3. The van der Waals surface area contributed by atoms with E-state index in [0.717, 1.165) is 9.87 Å². The number of ether oxygens (including phenoxy) is 1. The molecule has 0 heterocycles. The zero-order valence-electron chi connectivity index (χ0n) is 15.2. The predicted octanol–water partition coefficient (Wildman–Crippen LogP) is 2.19. The van der Waals surface area contributed by atoms with Crippen LogP contribution in [0.3, 0.4) is 0 Å². The number of carbonyl (C=O) groups is 1. The highest BCUT2D eigenvalue weighted by Gasteiger charge is 2.19. The van der Waals surface area contributed by atoms with Crippen molar-refractivity contribution >= 4 is 15.9 Å². The summed E-state index contributed by atoms with van der Waals surface area (Å²) in [6.45, 7) is 0.464. The smallest absolute Gasteiger partial charge is 0.242 e. The Kier molecular flexibility index (Phi) is 6.76. The topological polar surface area (TPSA) is 75.7 Å². The number of hydrogen-bond donors (Lipinski definition) is 1. The monoisotopic (exact) mass is 376 g/mol. The molecule has 1 amide bonds. The lowest BCUT2D eigenvalue weighted by atomic mass is 10.1. The van der Waals surface area contributed by atoms with Gasteiger partial charge in [0.2, 0.25) is 15.9 Å². The highest BCUT2D eigenvalue weighted by Crippen LogP contribution is 2.25. The summed E-state index contributed by atoms with van der Waals surface area (Å²) in [4.78, 5) is 12.3. The maximum absolute atomic E-state index is 12.3. The number of nitrogens with one attached hydrogen (secondary N) is 1. The fourth-order valence-electron chi connectivity index (χ4n) is 2.45. The quantitative estimate of drug-likeness (QED) is 0.766. The minimum Gasteiger partial charge on any atom is -0.496 e. The van der Waals surface area contributed by atoms with E-state index in [9.17, 15) is 13.2 Å². The molecule has 0 radical (unpaired) electrons. The van der Waals surface area contributed by atoms with Gasteiger partial charge in [-0.15, -0.1) is 0 Å². The molecule has 2 rings (SSSR count). The van der Waals surface area contributed by atoms with Crippen LogP contribution < -0.4 is 10.1 Å². The SMILES string of the molecule is COc1ccc(S(=O)(=O)N(C)C)cc1CCC(=O)NCc1ccccc1. The number of benzene rings is 2. The van der Waals surface area contributed by atoms with Gasteiger partial charge in [-0.05, 0) is 35.7 Å². The van der Waals surface area contributed by atoms with E-state index in [0.29, 0.717) is 24.3 Å². The van der Waals surface area contributed by atoms with Gasteiger partial charge in [-0.3, -0.25) is 4.79 Å². The number of aryl methyl sites for hydroxylation is 1. The lowest BCUT2D eigenvalue weighted by Gasteiger charge is -2.14. The standard InChI is InChI=1S/C19H24N2O4S/c1-21(2)26(23,24)17-10-11-18(25-3)16(13-17)9-12-19(22)20-14-15-7-5-4-6-8-15/h4-8,10-11,13H,9,12,14H2,1-3H3,(H,20,22). The Morgan fingerprint density at radius 3 is 2.42 bits per heavy atom. The summed E-state index contributed by atoms with van der Waals surface area (Å²) in [5.41, 5.74) is 1.71. The molecule has 2 aromatic rings. The van der Waals surface area contributed by atoms with Crippen molar-refractivity contribution in [2.75, 3.05) is 21.2 Å². The van der Waals surface area contributed by atoms with E-state index < -0.39 is 10.0 Å². The van der Waals surface area contributed by atoms with Crippen LogP contribution in [0.2, 0.25) is 0 Å². The molecule has 1 N–H and O–H groups in total. The minimum absolute atomic E-state index is 0.100. The first-order valence-corrected chi connectivity index (χ1v) is 9.68. The van der Waals surface area contributed by atoms with Gasteiger partial charge in [0, 0.05) is 27.1 Å². The Hall–Kier alpha value is -2.38. The molecule has 0 saturated carbocycles. The lowest BCUT2D eigenvalue weighted by molar-refractivity contribution is -0.121. The van der Waals surface area contributed by atoms with Gasteiger partial charge in [-0.2, -0.15) is 0 Å². The molecule has 6 nitrogen and oxygen atoms in total. The molecule has 140 valence electrons. The van der Waals surface area contributed by atoms with Crippen LogP contribution in [-0.2, 0) is 27.8 Å². The average molecular weight is 376 g/mol. The van der Waals surface area contributed by atoms with Crippen molar-refractivity contribution in [3.05, 3.63) is 59.7 Å². The molecule has 0 saturated heterocycles. The number of carbonyl (C=O) groups excluding carboxylic acids is 1. The molecule has 0 fully saturated rings. The third-order valence-electron chi connectivity index (χ3n) is 3.98. The fourth-order valence-corrected chi connectivity index (χ4v) is 3.41. The lowest BCUT2D eigenvalue weighted by Crippen LogP contribution is -2.23. The first-order chi connectivity index (χ1) is 12.3. The van der Waals surface area contributed by atoms with Crippen LogP contribution >= 0.6 is 0 Å². The van der Waals surface area contributed by atoms with Crippen molar-refractivity contribution < 1.29 is 17.9 Å². The number of hydrogen-bond acceptors (Lipinski definition) is 4. The summed E-state index contributed by atoms with van der Waals surface area (Å²) in [7, 11) is 0.955. The van der Waals surface area contributed by atoms with Crippen LogP contribution in [0.1, 0.15) is 17.5 Å². The third-order valence-corrected chi connectivity index (χ3v) is 5.80. The summed E-state index contributed by atoms with van der Waals surface area (Å²) < 4.78 is 31.0. The normalized spacial score (nSPS) is 11.4. The number of methoxy groups -OCH3 is 1. The van der Waals surface area contributed by atoms with Gasteiger partial charge in [0.25, 0.3) is 0 Å². The van der Waals surface area contributed by atoms with Crippen molar-refractivity contribution in [3.8, 4) is 5.75 Å². The van der Waals surface area contributed by atoms with Gasteiger partial charge in [0.05, 0.1) is 12.0 Å². The van der Waals surface area contributed by atoms with E-state index in [1.807, 2.05) is 30.3 Å². The van der Waals surface area contributed by atoms with Gasteiger partial charge in [0.1, 0.15) is 5.75 Å². The summed E-state index contributed by atoms with van der Waals surface area (Å²) in [6.07, 6.45) is 0.634. The highest BCUT2D eigenvalue weighted by molar-refractivity contribution is 7.89. The Morgan fingerprint density at radius 2 is 1.81 bits per heavy atom. The second-order valence-corrected chi connectivity index (χ2v) is 8.18. The molecule has 0 aliphatic heterocycles. The molecule has 0 bridgehead atoms. The van der Waals surface area contributed by atoms with Gasteiger partial charge < -0.3 is 10.1 Å². The first kappa shape index (κ1) is 19.9. The van der Waals surface area contributed by atoms with Crippen molar-refractivity contribution in [1.82, 2.24) is 9.62 Å². The van der Waals surface area contributed by atoms with Gasteiger partial charge in [-0.1, -0.05) is 30.3 Å². The predicted molar refractivity (Wildman–Crippen MR) is 100 cm³/mol. The molecule has 0 aliphatic carbocycles. The summed E-state index contributed by atoms with van der Waals surface area (Å²) in [5, 5.41) is 2.86. The molecule has 7 heteroatoms. The molecule has 0 unspecified atom stereocenters. The Morgan fingerprint density at radius 1 is 1.12 bits per heavy atom. The molecule has 0 spiro atoms. The van der Waals surface area contributed by atoms with E-state index in [1.165, 1.54) is 27.3 Å². The van der Waals surface area contributed by atoms with Crippen LogP contribution in [0.4, 0.5) is 0 Å². The zero-order chi connectivity index (χ0) is 19.2. The Balaban J connectivity index is 2.04. The van der Waals surface area contributed by atoms with Crippen molar-refractivity contribution in [3.63, 3.8) is 0 Å². The second kappa shape index (κ2) is 8.82. The molecule has 0 aromatic heterocycles. The van der Waals surface area contributed by atoms with E-state index in [4.69, 9.17) is 4.74 Å². The molecular formula is C19H24N2O4S. The maximum Gasteiger partial charge on any atom is 0.242 e. The summed E-state index contributed by atoms with van der Waals surface area (Å²) >= 11 is 0. The number of rotatable bonds is 8. The number of amides is 1. The van der Waals surface area contributed by atoms with E-state index in [1.54, 1.807) is 12.1 Å². The van der Waals surface area contributed by atoms with E-state index in [2.05, 4.69) is 5.32 Å². The molecule has 2 aromatic carbocycles. The van der Waals surface area contributed by atoms with Gasteiger partial charge in [0.15, 0.2) is 0 Å². The summed E-state index contributed by atoms with van der Waals surface area (Å²) in [5.74, 6) is 0.468. The van der Waals surface area contributed by atoms with Crippen LogP contribution in [0, 0.1) is 0 Å². The summed E-state index contributed by atoms with van der Waals surface area (Å²) in [6, 6.07) is 14.3. The van der Waals surface area contributed by atoms with E-state index in [-0.39, 0.29) is 17.2 Å². The average Bonchev–Trinajstić information content (AvgIpc) is 2.65. The van der Waals surface area contributed by atoms with Crippen LogP contribution in [0.5, 0.6) is 5.75 Å². The van der Waals surface area contributed by atoms with Crippen LogP contribution in [0.25, 0.3) is 0 Å². The Labute approximate surface area is 154 Å². The van der Waals surface area contributed by atoms with Crippen LogP contribution in [-0.4, -0.2) is 39.8 Å². The van der Waals surface area contributed by atoms with Crippen molar-refractivity contribution in [1.29, 1.82) is 0 Å². The van der Waals surface area contributed by atoms with Gasteiger partial charge >= 0.3 is 0 Å². The zero-order valence-corrected chi connectivity index (χ0v) is 16.0. The fraction of sp³-hybridized carbons (Fsp3) is 0.316. The van der Waals surface area contributed by atoms with Gasteiger partial charge in [-0.25, -0.2) is 12.7 Å². The van der Waals surface area contributed by atoms with Crippen molar-refractivity contribution in [2.45, 2.75) is 24.3 Å². The molecule has 26 heavy (non-hydrogen) atoms. The number of sulfonamides is 1. The molecular weight excluding hydrogens is 352 g/mol. The van der Waals surface area contributed by atoms with E-state index >= 15 is 0 Å². The highest BCUT2D eigenvalue weighted by atomic mass is 32.2. The first-order valence-electron chi connectivity index (χ1n) is 8.24.